The van der Waals surface area contributed by atoms with Crippen LogP contribution in [0.1, 0.15) is 65.5 Å². The van der Waals surface area contributed by atoms with Crippen LogP contribution in [0.2, 0.25) is 0 Å². The minimum Gasteiger partial charge on any atom is -0.462 e. The Kier molecular flexibility index (Phi) is 11.1. The van der Waals surface area contributed by atoms with Gasteiger partial charge < -0.3 is 14.8 Å². The third-order valence-corrected chi connectivity index (χ3v) is 9.42. The summed E-state index contributed by atoms with van der Waals surface area (Å²) in [7, 11) is -4.02. The maximum atomic E-state index is 13.2. The molecular formula is C34H36N2O7S2. The highest BCUT2D eigenvalue weighted by atomic mass is 32.2. The first-order chi connectivity index (χ1) is 21.5. The summed E-state index contributed by atoms with van der Waals surface area (Å²) < 4.78 is 39.5. The van der Waals surface area contributed by atoms with Gasteiger partial charge in [-0.3, -0.25) is 9.52 Å². The van der Waals surface area contributed by atoms with E-state index in [0.717, 1.165) is 35.3 Å². The molecule has 4 aromatic rings. The van der Waals surface area contributed by atoms with Gasteiger partial charge in [-0.05, 0) is 80.6 Å². The quantitative estimate of drug-likeness (QED) is 0.146. The summed E-state index contributed by atoms with van der Waals surface area (Å²) in [5.41, 5.74) is 3.04. The number of aryl methyl sites for hydroxylation is 2. The molecule has 0 aliphatic carbocycles. The van der Waals surface area contributed by atoms with E-state index in [1.54, 1.807) is 32.0 Å². The first-order valence-corrected chi connectivity index (χ1v) is 16.9. The average Bonchev–Trinajstić information content (AvgIpc) is 3.45. The van der Waals surface area contributed by atoms with E-state index in [1.807, 2.05) is 42.5 Å². The first-order valence-electron chi connectivity index (χ1n) is 14.6. The Morgan fingerprint density at radius 2 is 1.60 bits per heavy atom. The van der Waals surface area contributed by atoms with Crippen LogP contribution in [0.15, 0.2) is 83.8 Å². The molecule has 2 N–H and O–H groups in total. The zero-order valence-electron chi connectivity index (χ0n) is 25.6. The third kappa shape index (κ3) is 8.58. The molecule has 1 heterocycles. The van der Waals surface area contributed by atoms with E-state index in [9.17, 15) is 22.8 Å². The second kappa shape index (κ2) is 15.0. The lowest BCUT2D eigenvalue weighted by molar-refractivity contribution is -0.123. The highest BCUT2D eigenvalue weighted by Crippen LogP contribution is 2.36. The fourth-order valence-corrected chi connectivity index (χ4v) is 6.54. The van der Waals surface area contributed by atoms with Crippen molar-refractivity contribution in [3.8, 4) is 10.4 Å². The minimum absolute atomic E-state index is 0.00198. The number of esters is 2. The van der Waals surface area contributed by atoms with Crippen LogP contribution in [-0.2, 0) is 30.7 Å². The van der Waals surface area contributed by atoms with Gasteiger partial charge in [0.05, 0.1) is 22.6 Å². The highest BCUT2D eigenvalue weighted by molar-refractivity contribution is 7.92. The Labute approximate surface area is 267 Å². The Morgan fingerprint density at radius 3 is 2.27 bits per heavy atom. The van der Waals surface area contributed by atoms with Crippen LogP contribution in [0.5, 0.6) is 0 Å². The molecular weight excluding hydrogens is 613 g/mol. The molecule has 9 nitrogen and oxygen atoms in total. The van der Waals surface area contributed by atoms with Gasteiger partial charge in [-0.15, -0.1) is 11.3 Å². The molecule has 1 atom stereocenters. The van der Waals surface area contributed by atoms with Crippen molar-refractivity contribution < 1.29 is 32.3 Å². The van der Waals surface area contributed by atoms with Crippen molar-refractivity contribution in [2.75, 3.05) is 16.6 Å². The molecule has 0 saturated heterocycles. The molecule has 236 valence electrons. The molecule has 0 radical (unpaired) electrons. The van der Waals surface area contributed by atoms with Crippen LogP contribution >= 0.6 is 11.3 Å². The molecule has 0 aliphatic rings. The lowest BCUT2D eigenvalue weighted by Gasteiger charge is -2.15. The molecule has 3 aromatic carbocycles. The number of hydrogen-bond acceptors (Lipinski definition) is 8. The summed E-state index contributed by atoms with van der Waals surface area (Å²) in [4.78, 5) is 39.5. The number of nitrogens with one attached hydrogen (secondary N) is 2. The molecule has 0 unspecified atom stereocenters. The standard InChI is InChI=1S/C34H36N2O7S2/c1-5-7-11-24-15-17-26(18-16-24)36-45(40,41)27-19-14-22(3)28(20-27)34(39)43-23(4)31(37)35-32-29(33(38)42-6-2)21-30(44-32)25-12-9-8-10-13-25/h8-10,12-21,23,36H,5-7,11H2,1-4H3,(H,35,37)/t23-/m0/s1. The Hall–Kier alpha value is -4.48. The van der Waals surface area contributed by atoms with Crippen molar-refractivity contribution in [2.45, 2.75) is 58.0 Å². The van der Waals surface area contributed by atoms with Crippen molar-refractivity contribution in [2.24, 2.45) is 0 Å². The summed E-state index contributed by atoms with van der Waals surface area (Å²) in [6, 6.07) is 22.3. The summed E-state index contributed by atoms with van der Waals surface area (Å²) >= 11 is 1.19. The number of carbonyl (C=O) groups is 3. The second-order valence-corrected chi connectivity index (χ2v) is 13.1. The smallest absolute Gasteiger partial charge is 0.341 e. The van der Waals surface area contributed by atoms with E-state index in [4.69, 9.17) is 9.47 Å². The number of thiophene rings is 1. The molecule has 0 spiro atoms. The number of rotatable bonds is 13. The number of carbonyl (C=O) groups excluding carboxylic acids is 3. The van der Waals surface area contributed by atoms with Crippen molar-refractivity contribution in [1.82, 2.24) is 0 Å². The summed E-state index contributed by atoms with van der Waals surface area (Å²) in [6.45, 7) is 6.99. The Morgan fingerprint density at radius 1 is 0.889 bits per heavy atom. The van der Waals surface area contributed by atoms with Gasteiger partial charge in [0.1, 0.15) is 5.00 Å². The van der Waals surface area contributed by atoms with Crippen molar-refractivity contribution in [3.63, 3.8) is 0 Å². The summed E-state index contributed by atoms with van der Waals surface area (Å²) in [5.74, 6) is -2.12. The van der Waals surface area contributed by atoms with Gasteiger partial charge >= 0.3 is 11.9 Å². The van der Waals surface area contributed by atoms with Crippen LogP contribution in [0.4, 0.5) is 10.7 Å². The van der Waals surface area contributed by atoms with Gasteiger partial charge in [0, 0.05) is 10.6 Å². The fourth-order valence-electron chi connectivity index (χ4n) is 4.40. The third-order valence-electron chi connectivity index (χ3n) is 6.94. The topological polar surface area (TPSA) is 128 Å². The normalized spacial score (nSPS) is 11.8. The van der Waals surface area contributed by atoms with E-state index in [0.29, 0.717) is 11.3 Å². The van der Waals surface area contributed by atoms with Gasteiger partial charge in [0.25, 0.3) is 15.9 Å². The molecule has 11 heteroatoms. The zero-order chi connectivity index (χ0) is 32.6. The maximum Gasteiger partial charge on any atom is 0.341 e. The number of sulfonamides is 1. The van der Waals surface area contributed by atoms with Gasteiger partial charge in [-0.1, -0.05) is 61.9 Å². The largest absolute Gasteiger partial charge is 0.462 e. The molecule has 1 amide bonds. The molecule has 0 bridgehead atoms. The van der Waals surface area contributed by atoms with E-state index < -0.39 is 34.0 Å². The van der Waals surface area contributed by atoms with Crippen molar-refractivity contribution >= 4 is 49.9 Å². The predicted octanol–water partition coefficient (Wildman–Crippen LogP) is 7.23. The summed E-state index contributed by atoms with van der Waals surface area (Å²) in [6.07, 6.45) is 1.76. The van der Waals surface area contributed by atoms with Crippen LogP contribution in [0.3, 0.4) is 0 Å². The molecule has 4 rings (SSSR count). The van der Waals surface area contributed by atoms with Crippen molar-refractivity contribution in [1.29, 1.82) is 0 Å². The monoisotopic (exact) mass is 648 g/mol. The molecule has 1 aromatic heterocycles. The Bertz CT molecular complexity index is 1770. The van der Waals surface area contributed by atoms with Crippen LogP contribution in [0, 0.1) is 6.92 Å². The van der Waals surface area contributed by atoms with Gasteiger partial charge in [-0.2, -0.15) is 0 Å². The van der Waals surface area contributed by atoms with E-state index in [-0.39, 0.29) is 27.6 Å². The number of benzene rings is 3. The number of unbranched alkanes of at least 4 members (excludes halogenated alkanes) is 1. The van der Waals surface area contributed by atoms with Gasteiger partial charge in [0.2, 0.25) is 0 Å². The number of anilines is 2. The number of hydrogen-bond donors (Lipinski definition) is 2. The lowest BCUT2D eigenvalue weighted by Crippen LogP contribution is -2.30. The molecule has 0 saturated carbocycles. The van der Waals surface area contributed by atoms with Gasteiger partial charge in [-0.25, -0.2) is 18.0 Å². The average molecular weight is 649 g/mol. The Balaban J connectivity index is 1.47. The van der Waals surface area contributed by atoms with Crippen LogP contribution < -0.4 is 10.0 Å². The van der Waals surface area contributed by atoms with Crippen molar-refractivity contribution in [3.05, 3.63) is 101 Å². The first kappa shape index (κ1) is 33.4. The van der Waals surface area contributed by atoms with E-state index in [1.165, 1.54) is 36.5 Å². The SMILES string of the molecule is CCCCc1ccc(NS(=O)(=O)c2ccc(C)c(C(=O)O[C@@H](C)C(=O)Nc3sc(-c4ccccc4)cc3C(=O)OCC)c2)cc1. The van der Waals surface area contributed by atoms with E-state index in [2.05, 4.69) is 17.0 Å². The fraction of sp³-hybridized carbons (Fsp3) is 0.265. The molecule has 0 fully saturated rings. The lowest BCUT2D eigenvalue weighted by atomic mass is 10.1. The number of ether oxygens (including phenoxy) is 2. The molecule has 45 heavy (non-hydrogen) atoms. The zero-order valence-corrected chi connectivity index (χ0v) is 27.2. The van der Waals surface area contributed by atoms with Crippen LogP contribution in [-0.4, -0.2) is 39.0 Å². The highest BCUT2D eigenvalue weighted by Gasteiger charge is 2.26. The number of amides is 1. The van der Waals surface area contributed by atoms with Gasteiger partial charge in [0.15, 0.2) is 6.10 Å². The van der Waals surface area contributed by atoms with Crippen LogP contribution in [0.25, 0.3) is 10.4 Å². The van der Waals surface area contributed by atoms with E-state index >= 15 is 0 Å². The molecule has 0 aliphatic heterocycles. The predicted molar refractivity (Wildman–Crippen MR) is 176 cm³/mol. The maximum absolute atomic E-state index is 13.2. The minimum atomic E-state index is -4.02. The summed E-state index contributed by atoms with van der Waals surface area (Å²) in [5, 5.41) is 2.94. The second-order valence-electron chi connectivity index (χ2n) is 10.4.